The van der Waals surface area contributed by atoms with Gasteiger partial charge in [-0.2, -0.15) is 5.10 Å². The second-order valence-electron chi connectivity index (χ2n) is 8.94. The van der Waals surface area contributed by atoms with Crippen LogP contribution in [-0.2, 0) is 30.7 Å². The van der Waals surface area contributed by atoms with Gasteiger partial charge in [0.25, 0.3) is 5.91 Å². The molecular weight excluding hydrogens is 412 g/mol. The summed E-state index contributed by atoms with van der Waals surface area (Å²) in [6, 6.07) is 0. The SMILES string of the molecule is C[C@@H]1CN(C(=O)c2nc3sccn3c2CN(C)Cc2n[nH]c3c2CCCC3)C[C@H](C)O1. The lowest BCUT2D eigenvalue weighted by Crippen LogP contribution is -2.48. The van der Waals surface area contributed by atoms with E-state index >= 15 is 0 Å². The summed E-state index contributed by atoms with van der Waals surface area (Å²) in [5, 5.41) is 9.84. The van der Waals surface area contributed by atoms with Gasteiger partial charge in [-0.1, -0.05) is 0 Å². The summed E-state index contributed by atoms with van der Waals surface area (Å²) in [4.78, 5) is 23.1. The average Bonchev–Trinajstić information content (AvgIpc) is 3.43. The molecule has 0 radical (unpaired) electrons. The number of imidazole rings is 1. The van der Waals surface area contributed by atoms with E-state index < -0.39 is 0 Å². The van der Waals surface area contributed by atoms with E-state index in [1.165, 1.54) is 24.1 Å². The van der Waals surface area contributed by atoms with Crippen molar-refractivity contribution in [3.8, 4) is 0 Å². The first-order valence-electron chi connectivity index (χ1n) is 11.1. The fraction of sp³-hybridized carbons (Fsp3) is 0.591. The molecule has 2 atom stereocenters. The van der Waals surface area contributed by atoms with E-state index in [2.05, 4.69) is 26.5 Å². The minimum atomic E-state index is -0.00144. The number of hydrogen-bond donors (Lipinski definition) is 1. The van der Waals surface area contributed by atoms with E-state index in [4.69, 9.17) is 9.72 Å². The van der Waals surface area contributed by atoms with Crippen molar-refractivity contribution in [3.05, 3.63) is 39.9 Å². The highest BCUT2D eigenvalue weighted by Crippen LogP contribution is 2.25. The lowest BCUT2D eigenvalue weighted by molar-refractivity contribution is -0.0587. The number of rotatable bonds is 5. The van der Waals surface area contributed by atoms with Crippen LogP contribution in [0.1, 0.15) is 59.8 Å². The van der Waals surface area contributed by atoms with E-state index in [1.807, 2.05) is 30.3 Å². The standard InChI is InChI=1S/C22H30N6O2S/c1-14-10-27(11-15(2)30-14)21(29)20-19(28-8-9-31-22(28)23-20)13-26(3)12-18-16-6-4-5-7-17(16)24-25-18/h8-9,14-15H,4-7,10-13H2,1-3H3,(H,24,25)/t14-,15+. The van der Waals surface area contributed by atoms with E-state index in [0.29, 0.717) is 25.3 Å². The minimum Gasteiger partial charge on any atom is -0.372 e. The normalized spacial score (nSPS) is 21.7. The maximum Gasteiger partial charge on any atom is 0.274 e. The van der Waals surface area contributed by atoms with Crippen molar-refractivity contribution < 1.29 is 9.53 Å². The van der Waals surface area contributed by atoms with Crippen LogP contribution >= 0.6 is 11.3 Å². The molecule has 9 heteroatoms. The van der Waals surface area contributed by atoms with Gasteiger partial charge in [0.2, 0.25) is 0 Å². The predicted molar refractivity (Wildman–Crippen MR) is 119 cm³/mol. The number of aryl methyl sites for hydroxylation is 1. The maximum atomic E-state index is 13.4. The number of H-pyrrole nitrogens is 1. The number of hydrogen-bond acceptors (Lipinski definition) is 6. The molecule has 31 heavy (non-hydrogen) atoms. The van der Waals surface area contributed by atoms with Gasteiger partial charge in [0, 0.05) is 43.4 Å². The first-order valence-corrected chi connectivity index (χ1v) is 12.0. The van der Waals surface area contributed by atoms with Gasteiger partial charge in [-0.3, -0.25) is 19.2 Å². The molecule has 8 nitrogen and oxygen atoms in total. The number of aromatic nitrogens is 4. The minimum absolute atomic E-state index is 0.00144. The Morgan fingerprint density at radius 2 is 2.03 bits per heavy atom. The third kappa shape index (κ3) is 4.02. The Labute approximate surface area is 186 Å². The smallest absolute Gasteiger partial charge is 0.274 e. The molecule has 166 valence electrons. The molecule has 1 amide bonds. The molecular formula is C22H30N6O2S. The lowest BCUT2D eigenvalue weighted by atomic mass is 9.96. The molecule has 2 aliphatic rings. The van der Waals surface area contributed by atoms with Crippen molar-refractivity contribution in [2.24, 2.45) is 0 Å². The molecule has 1 aliphatic carbocycles. The first kappa shape index (κ1) is 20.7. The third-order valence-corrected chi connectivity index (χ3v) is 7.01. The molecule has 3 aromatic heterocycles. The highest BCUT2D eigenvalue weighted by molar-refractivity contribution is 7.15. The summed E-state index contributed by atoms with van der Waals surface area (Å²) in [6.07, 6.45) is 6.75. The number of nitrogens with zero attached hydrogens (tertiary/aromatic N) is 5. The number of morpholine rings is 1. The summed E-state index contributed by atoms with van der Waals surface area (Å²) in [5.74, 6) is -0.00144. The summed E-state index contributed by atoms with van der Waals surface area (Å²) in [7, 11) is 2.09. The fourth-order valence-corrected chi connectivity index (χ4v) is 5.63. The Morgan fingerprint density at radius 1 is 1.26 bits per heavy atom. The Morgan fingerprint density at radius 3 is 2.84 bits per heavy atom. The summed E-state index contributed by atoms with van der Waals surface area (Å²) in [5.41, 5.74) is 5.32. The summed E-state index contributed by atoms with van der Waals surface area (Å²) >= 11 is 1.56. The van der Waals surface area contributed by atoms with E-state index in [1.54, 1.807) is 11.3 Å². The molecule has 0 unspecified atom stereocenters. The fourth-order valence-electron chi connectivity index (χ4n) is 4.90. The number of nitrogens with one attached hydrogen (secondary N) is 1. The van der Waals surface area contributed by atoms with Crippen molar-refractivity contribution in [2.75, 3.05) is 20.1 Å². The number of aromatic amines is 1. The van der Waals surface area contributed by atoms with Gasteiger partial charge in [-0.25, -0.2) is 4.98 Å². The zero-order chi connectivity index (χ0) is 21.5. The quantitative estimate of drug-likeness (QED) is 0.657. The zero-order valence-electron chi connectivity index (χ0n) is 18.4. The van der Waals surface area contributed by atoms with Gasteiger partial charge in [-0.15, -0.1) is 11.3 Å². The van der Waals surface area contributed by atoms with Crippen LogP contribution in [0.25, 0.3) is 4.96 Å². The highest BCUT2D eigenvalue weighted by Gasteiger charge is 2.31. The number of amides is 1. The Bertz CT molecular complexity index is 1080. The van der Waals surface area contributed by atoms with Gasteiger partial charge >= 0.3 is 0 Å². The molecule has 0 saturated carbocycles. The second-order valence-corrected chi connectivity index (χ2v) is 9.81. The number of ether oxygens (including phenoxy) is 1. The van der Waals surface area contributed by atoms with Crippen molar-refractivity contribution in [3.63, 3.8) is 0 Å². The van der Waals surface area contributed by atoms with E-state index in [-0.39, 0.29) is 18.1 Å². The molecule has 5 rings (SSSR count). The molecule has 1 fully saturated rings. The maximum absolute atomic E-state index is 13.4. The van der Waals surface area contributed by atoms with Gasteiger partial charge in [0.1, 0.15) is 0 Å². The third-order valence-electron chi connectivity index (χ3n) is 6.25. The highest BCUT2D eigenvalue weighted by atomic mass is 32.1. The predicted octanol–water partition coefficient (Wildman–Crippen LogP) is 2.88. The summed E-state index contributed by atoms with van der Waals surface area (Å²) in [6.45, 7) is 6.62. The number of fused-ring (bicyclic) bond motifs is 2. The molecule has 0 bridgehead atoms. The zero-order valence-corrected chi connectivity index (χ0v) is 19.2. The monoisotopic (exact) mass is 442 g/mol. The van der Waals surface area contributed by atoms with Crippen LogP contribution in [0.3, 0.4) is 0 Å². The van der Waals surface area contributed by atoms with Gasteiger partial charge in [-0.05, 0) is 52.1 Å². The molecule has 1 aliphatic heterocycles. The first-order chi connectivity index (χ1) is 15.0. The summed E-state index contributed by atoms with van der Waals surface area (Å²) < 4.78 is 7.87. The average molecular weight is 443 g/mol. The van der Waals surface area contributed by atoms with Crippen LogP contribution in [0, 0.1) is 0 Å². The molecule has 1 saturated heterocycles. The Hall–Kier alpha value is -2.23. The topological polar surface area (TPSA) is 78.8 Å². The second kappa shape index (κ2) is 8.37. The lowest BCUT2D eigenvalue weighted by Gasteiger charge is -2.35. The van der Waals surface area contributed by atoms with Crippen LogP contribution in [-0.4, -0.2) is 67.6 Å². The van der Waals surface area contributed by atoms with Gasteiger partial charge < -0.3 is 9.64 Å². The van der Waals surface area contributed by atoms with Gasteiger partial charge in [0.15, 0.2) is 10.7 Å². The van der Waals surface area contributed by atoms with Crippen molar-refractivity contribution >= 4 is 22.2 Å². The van der Waals surface area contributed by atoms with Crippen molar-refractivity contribution in [2.45, 2.75) is 64.8 Å². The number of carbonyl (C=O) groups is 1. The molecule has 4 heterocycles. The Kier molecular flexibility index (Phi) is 5.58. The van der Waals surface area contributed by atoms with Crippen LogP contribution in [0.4, 0.5) is 0 Å². The Balaban J connectivity index is 1.38. The van der Waals surface area contributed by atoms with Crippen molar-refractivity contribution in [1.82, 2.24) is 29.4 Å². The van der Waals surface area contributed by atoms with Crippen molar-refractivity contribution in [1.29, 1.82) is 0 Å². The number of carbonyl (C=O) groups excluding carboxylic acids is 1. The molecule has 1 N–H and O–H groups in total. The van der Waals surface area contributed by atoms with E-state index in [0.717, 1.165) is 35.7 Å². The molecule has 0 aromatic carbocycles. The van der Waals surface area contributed by atoms with E-state index in [9.17, 15) is 4.79 Å². The van der Waals surface area contributed by atoms with Crippen LogP contribution in [0.2, 0.25) is 0 Å². The molecule has 3 aromatic rings. The van der Waals surface area contributed by atoms with Crippen LogP contribution in [0.15, 0.2) is 11.6 Å². The van der Waals surface area contributed by atoms with Crippen LogP contribution in [0.5, 0.6) is 0 Å². The van der Waals surface area contributed by atoms with Gasteiger partial charge in [0.05, 0.1) is 23.6 Å². The number of thiazole rings is 1. The largest absolute Gasteiger partial charge is 0.372 e. The van der Waals surface area contributed by atoms with Crippen LogP contribution < -0.4 is 0 Å². The molecule has 0 spiro atoms.